The number of benzene rings is 1. The van der Waals surface area contributed by atoms with Gasteiger partial charge in [-0.1, -0.05) is 41.9 Å². The molecule has 0 saturated carbocycles. The van der Waals surface area contributed by atoms with Gasteiger partial charge in [0.1, 0.15) is 30.8 Å². The molecule has 0 radical (unpaired) electrons. The predicted molar refractivity (Wildman–Crippen MR) is 92.3 cm³/mol. The number of aromatic nitrogens is 1. The van der Waals surface area contributed by atoms with Crippen molar-refractivity contribution in [2.24, 2.45) is 0 Å². The monoisotopic (exact) mass is 346 g/mol. The standard InChI is InChI=1S/C18H20ClN3O2/c19-17-7-6-15(12-20-17)18(23)21-16(14-4-2-1-3-5-14)13-22-8-10-24-11-9-22/h1-7,12,16H,8-11,13H2,(H,21,23)/p+1/t16-/m0/s1. The smallest absolute Gasteiger partial charge is 0.253 e. The highest BCUT2D eigenvalue weighted by atomic mass is 35.5. The fraction of sp³-hybridized carbons (Fsp3) is 0.333. The first-order valence-corrected chi connectivity index (χ1v) is 8.49. The molecule has 6 heteroatoms. The lowest BCUT2D eigenvalue weighted by atomic mass is 10.1. The van der Waals surface area contributed by atoms with Gasteiger partial charge in [0.15, 0.2) is 0 Å². The molecule has 24 heavy (non-hydrogen) atoms. The molecule has 0 bridgehead atoms. The van der Waals surface area contributed by atoms with Gasteiger partial charge in [0, 0.05) is 6.20 Å². The molecule has 1 aliphatic rings. The van der Waals surface area contributed by atoms with E-state index in [-0.39, 0.29) is 11.9 Å². The number of pyridine rings is 1. The van der Waals surface area contributed by atoms with Crippen molar-refractivity contribution in [3.05, 3.63) is 64.9 Å². The summed E-state index contributed by atoms with van der Waals surface area (Å²) in [5.74, 6) is -0.138. The maximum Gasteiger partial charge on any atom is 0.253 e. The fourth-order valence-electron chi connectivity index (χ4n) is 2.84. The highest BCUT2D eigenvalue weighted by molar-refractivity contribution is 6.29. The number of rotatable bonds is 5. The van der Waals surface area contributed by atoms with Gasteiger partial charge in [0.25, 0.3) is 5.91 Å². The van der Waals surface area contributed by atoms with E-state index in [2.05, 4.69) is 10.3 Å². The highest BCUT2D eigenvalue weighted by Gasteiger charge is 2.23. The van der Waals surface area contributed by atoms with E-state index in [1.807, 2.05) is 30.3 Å². The molecule has 0 unspecified atom stereocenters. The minimum absolute atomic E-state index is 0.0533. The van der Waals surface area contributed by atoms with E-state index < -0.39 is 0 Å². The molecule has 126 valence electrons. The van der Waals surface area contributed by atoms with E-state index in [0.717, 1.165) is 38.4 Å². The average molecular weight is 347 g/mol. The van der Waals surface area contributed by atoms with Crippen molar-refractivity contribution in [1.29, 1.82) is 0 Å². The molecule has 1 aromatic carbocycles. The van der Waals surface area contributed by atoms with E-state index in [9.17, 15) is 4.79 Å². The summed E-state index contributed by atoms with van der Waals surface area (Å²) >= 11 is 5.79. The Bertz CT molecular complexity index is 658. The molecule has 0 spiro atoms. The number of quaternary nitrogens is 1. The summed E-state index contributed by atoms with van der Waals surface area (Å²) in [7, 11) is 0. The Balaban J connectivity index is 1.73. The van der Waals surface area contributed by atoms with Crippen LogP contribution in [0, 0.1) is 0 Å². The number of halogens is 1. The second-order valence-corrected chi connectivity index (χ2v) is 6.26. The number of nitrogens with one attached hydrogen (secondary N) is 2. The Morgan fingerprint density at radius 3 is 2.62 bits per heavy atom. The van der Waals surface area contributed by atoms with Gasteiger partial charge in [-0.25, -0.2) is 4.98 Å². The van der Waals surface area contributed by atoms with Gasteiger partial charge in [-0.15, -0.1) is 0 Å². The van der Waals surface area contributed by atoms with Gasteiger partial charge in [-0.2, -0.15) is 0 Å². The molecule has 2 N–H and O–H groups in total. The van der Waals surface area contributed by atoms with Gasteiger partial charge in [-0.3, -0.25) is 4.79 Å². The van der Waals surface area contributed by atoms with Crippen molar-refractivity contribution in [3.8, 4) is 0 Å². The van der Waals surface area contributed by atoms with Crippen molar-refractivity contribution in [1.82, 2.24) is 10.3 Å². The normalized spacial score (nSPS) is 16.5. The molecule has 1 fully saturated rings. The highest BCUT2D eigenvalue weighted by Crippen LogP contribution is 2.13. The summed E-state index contributed by atoms with van der Waals surface area (Å²) < 4.78 is 5.42. The van der Waals surface area contributed by atoms with Crippen LogP contribution in [0.25, 0.3) is 0 Å². The van der Waals surface area contributed by atoms with E-state index in [4.69, 9.17) is 16.3 Å². The quantitative estimate of drug-likeness (QED) is 0.798. The Labute approximate surface area is 146 Å². The third-order valence-corrected chi connectivity index (χ3v) is 4.41. The number of carbonyl (C=O) groups excluding carboxylic acids is 1. The molecule has 1 aromatic heterocycles. The predicted octanol–water partition coefficient (Wildman–Crippen LogP) is 1.12. The van der Waals surface area contributed by atoms with E-state index >= 15 is 0 Å². The van der Waals surface area contributed by atoms with Crippen molar-refractivity contribution >= 4 is 17.5 Å². The number of nitrogens with zero attached hydrogens (tertiary/aromatic N) is 1. The van der Waals surface area contributed by atoms with Crippen LogP contribution < -0.4 is 10.2 Å². The number of ether oxygens (including phenoxy) is 1. The summed E-state index contributed by atoms with van der Waals surface area (Å²) in [5.41, 5.74) is 1.61. The van der Waals surface area contributed by atoms with Crippen LogP contribution in [0.1, 0.15) is 22.0 Å². The molecule has 1 amide bonds. The maximum absolute atomic E-state index is 12.6. The zero-order valence-electron chi connectivity index (χ0n) is 13.4. The average Bonchev–Trinajstić information content (AvgIpc) is 2.63. The second kappa shape index (κ2) is 8.24. The van der Waals surface area contributed by atoms with Gasteiger partial charge in [0.2, 0.25) is 0 Å². The largest absolute Gasteiger partial charge is 0.370 e. The number of hydrogen-bond donors (Lipinski definition) is 2. The SMILES string of the molecule is O=C(N[C@@H](C[NH+]1CCOCC1)c1ccccc1)c1ccc(Cl)nc1. The van der Waals surface area contributed by atoms with Gasteiger partial charge in [-0.05, 0) is 17.7 Å². The van der Waals surface area contributed by atoms with Crippen LogP contribution in [-0.2, 0) is 4.74 Å². The molecule has 2 heterocycles. The van der Waals surface area contributed by atoms with Crippen molar-refractivity contribution in [3.63, 3.8) is 0 Å². The Hall–Kier alpha value is -1.95. The van der Waals surface area contributed by atoms with Crippen LogP contribution in [0.15, 0.2) is 48.7 Å². The van der Waals surface area contributed by atoms with Crippen molar-refractivity contribution in [2.45, 2.75) is 6.04 Å². The molecule has 5 nitrogen and oxygen atoms in total. The molecular formula is C18H21ClN3O2+. The lowest BCUT2D eigenvalue weighted by molar-refractivity contribution is -0.909. The number of morpholine rings is 1. The molecular weight excluding hydrogens is 326 g/mol. The van der Waals surface area contributed by atoms with Crippen LogP contribution in [-0.4, -0.2) is 43.7 Å². The molecule has 3 rings (SSSR count). The number of hydrogen-bond acceptors (Lipinski definition) is 3. The minimum Gasteiger partial charge on any atom is -0.370 e. The van der Waals surface area contributed by atoms with Crippen molar-refractivity contribution < 1.29 is 14.4 Å². The van der Waals surface area contributed by atoms with Crippen LogP contribution in [0.5, 0.6) is 0 Å². The van der Waals surface area contributed by atoms with Gasteiger partial charge < -0.3 is 15.0 Å². The van der Waals surface area contributed by atoms with E-state index in [0.29, 0.717) is 10.7 Å². The van der Waals surface area contributed by atoms with Crippen LogP contribution in [0.3, 0.4) is 0 Å². The topological polar surface area (TPSA) is 55.7 Å². The summed E-state index contributed by atoms with van der Waals surface area (Å²) in [4.78, 5) is 18.0. The lowest BCUT2D eigenvalue weighted by Crippen LogP contribution is -3.14. The first-order chi connectivity index (χ1) is 11.7. The zero-order chi connectivity index (χ0) is 16.8. The van der Waals surface area contributed by atoms with Crippen LogP contribution >= 0.6 is 11.6 Å². The maximum atomic E-state index is 12.6. The molecule has 1 aliphatic heterocycles. The van der Waals surface area contributed by atoms with E-state index in [1.54, 1.807) is 12.1 Å². The number of amides is 1. The first-order valence-electron chi connectivity index (χ1n) is 8.11. The summed E-state index contributed by atoms with van der Waals surface area (Å²) in [6.07, 6.45) is 1.50. The second-order valence-electron chi connectivity index (χ2n) is 5.87. The Morgan fingerprint density at radius 2 is 1.96 bits per heavy atom. The van der Waals surface area contributed by atoms with E-state index in [1.165, 1.54) is 11.1 Å². The third-order valence-electron chi connectivity index (χ3n) is 4.19. The first kappa shape index (κ1) is 16.9. The molecule has 0 aliphatic carbocycles. The zero-order valence-corrected chi connectivity index (χ0v) is 14.1. The molecule has 1 saturated heterocycles. The third kappa shape index (κ3) is 4.54. The van der Waals surface area contributed by atoms with Gasteiger partial charge >= 0.3 is 0 Å². The summed E-state index contributed by atoms with van der Waals surface area (Å²) in [5, 5.41) is 3.51. The minimum atomic E-state index is -0.138. The Morgan fingerprint density at radius 1 is 1.21 bits per heavy atom. The molecule has 2 aromatic rings. The Kier molecular flexibility index (Phi) is 5.80. The lowest BCUT2D eigenvalue weighted by Gasteiger charge is -2.28. The molecule has 1 atom stereocenters. The number of carbonyl (C=O) groups is 1. The van der Waals surface area contributed by atoms with Gasteiger partial charge in [0.05, 0.1) is 18.8 Å². The van der Waals surface area contributed by atoms with Crippen molar-refractivity contribution in [2.75, 3.05) is 32.8 Å². The van der Waals surface area contributed by atoms with Crippen LogP contribution in [0.4, 0.5) is 0 Å². The van der Waals surface area contributed by atoms with Crippen LogP contribution in [0.2, 0.25) is 5.15 Å². The fourth-order valence-corrected chi connectivity index (χ4v) is 2.95. The summed E-state index contributed by atoms with van der Waals surface area (Å²) in [6, 6.07) is 13.3. The summed E-state index contributed by atoms with van der Waals surface area (Å²) in [6.45, 7) is 4.29.